The molecule has 0 bridgehead atoms. The van der Waals surface area contributed by atoms with E-state index in [2.05, 4.69) is 10.0 Å². The highest BCUT2D eigenvalue weighted by Crippen LogP contribution is 2.22. The molecule has 1 aliphatic rings. The number of nitrogens with one attached hydrogen (secondary N) is 2. The Morgan fingerprint density at radius 2 is 1.89 bits per heavy atom. The minimum Gasteiger partial charge on any atom is -0.388 e. The van der Waals surface area contributed by atoms with Gasteiger partial charge in [0, 0.05) is 18.8 Å². The summed E-state index contributed by atoms with van der Waals surface area (Å²) in [5.41, 5.74) is 1.89. The van der Waals surface area contributed by atoms with Gasteiger partial charge in [-0.2, -0.15) is 0 Å². The third-order valence-corrected chi connectivity index (χ3v) is 4.97. The summed E-state index contributed by atoms with van der Waals surface area (Å²) in [4.78, 5) is 0.353. The molecule has 2 N–H and O–H groups in total. The van der Waals surface area contributed by atoms with Gasteiger partial charge in [-0.15, -0.1) is 0 Å². The average Bonchev–Trinajstić information content (AvgIpc) is 2.81. The number of anilines is 1. The zero-order valence-electron chi connectivity index (χ0n) is 10.9. The third-order valence-electron chi connectivity index (χ3n) is 3.45. The summed E-state index contributed by atoms with van der Waals surface area (Å²) in [6, 6.07) is 5.27. The molecular formula is C13H20N2O2S. The Kier molecular flexibility index (Phi) is 3.92. The lowest BCUT2D eigenvalue weighted by Crippen LogP contribution is -2.32. The van der Waals surface area contributed by atoms with E-state index in [0.717, 1.165) is 36.9 Å². The summed E-state index contributed by atoms with van der Waals surface area (Å²) >= 11 is 0. The molecule has 0 unspecified atom stereocenters. The van der Waals surface area contributed by atoms with Gasteiger partial charge in [0.2, 0.25) is 10.0 Å². The minimum absolute atomic E-state index is 0.110. The topological polar surface area (TPSA) is 58.2 Å². The first-order valence-corrected chi connectivity index (χ1v) is 7.82. The van der Waals surface area contributed by atoms with Gasteiger partial charge in [-0.25, -0.2) is 13.1 Å². The van der Waals surface area contributed by atoms with Crippen LogP contribution in [0, 0.1) is 6.92 Å². The van der Waals surface area contributed by atoms with Crippen molar-refractivity contribution in [2.75, 3.05) is 12.4 Å². The number of benzene rings is 1. The molecule has 0 atom stereocenters. The van der Waals surface area contributed by atoms with Crippen LogP contribution in [0.15, 0.2) is 23.1 Å². The van der Waals surface area contributed by atoms with Crippen LogP contribution in [0.4, 0.5) is 5.69 Å². The molecular weight excluding hydrogens is 248 g/mol. The van der Waals surface area contributed by atoms with Crippen LogP contribution in [0.25, 0.3) is 0 Å². The van der Waals surface area contributed by atoms with Gasteiger partial charge in [0.25, 0.3) is 0 Å². The highest BCUT2D eigenvalue weighted by Gasteiger charge is 2.23. The first-order chi connectivity index (χ1) is 8.53. The van der Waals surface area contributed by atoms with Gasteiger partial charge in [-0.05, 0) is 43.5 Å². The van der Waals surface area contributed by atoms with Crippen LogP contribution in [0.3, 0.4) is 0 Å². The lowest BCUT2D eigenvalue weighted by atomic mass is 10.2. The van der Waals surface area contributed by atoms with Gasteiger partial charge in [0.05, 0.1) is 4.90 Å². The largest absolute Gasteiger partial charge is 0.388 e. The molecule has 0 amide bonds. The number of rotatable bonds is 4. The molecule has 1 aromatic carbocycles. The van der Waals surface area contributed by atoms with E-state index in [1.807, 2.05) is 14.0 Å². The van der Waals surface area contributed by atoms with Crippen molar-refractivity contribution in [1.29, 1.82) is 0 Å². The fraction of sp³-hybridized carbons (Fsp3) is 0.538. The Morgan fingerprint density at radius 3 is 2.44 bits per heavy atom. The van der Waals surface area contributed by atoms with E-state index in [0.29, 0.717) is 4.90 Å². The van der Waals surface area contributed by atoms with Crippen molar-refractivity contribution >= 4 is 15.7 Å². The zero-order chi connectivity index (χ0) is 13.2. The van der Waals surface area contributed by atoms with Gasteiger partial charge in [0.1, 0.15) is 0 Å². The van der Waals surface area contributed by atoms with Crippen molar-refractivity contribution in [3.63, 3.8) is 0 Å². The summed E-state index contributed by atoms with van der Waals surface area (Å²) in [6.07, 6.45) is 4.13. The van der Waals surface area contributed by atoms with Crippen molar-refractivity contribution in [3.05, 3.63) is 23.8 Å². The lowest BCUT2D eigenvalue weighted by Gasteiger charge is -2.14. The fourth-order valence-electron chi connectivity index (χ4n) is 2.41. The van der Waals surface area contributed by atoms with E-state index >= 15 is 0 Å². The number of hydrogen-bond acceptors (Lipinski definition) is 3. The molecule has 1 aromatic rings. The van der Waals surface area contributed by atoms with Gasteiger partial charge in [0.15, 0.2) is 0 Å². The summed E-state index contributed by atoms with van der Waals surface area (Å²) < 4.78 is 27.2. The normalized spacial score (nSPS) is 17.0. The second-order valence-corrected chi connectivity index (χ2v) is 6.54. The summed E-state index contributed by atoms with van der Waals surface area (Å²) in [5, 5.41) is 3.03. The predicted molar refractivity (Wildman–Crippen MR) is 73.3 cm³/mol. The van der Waals surface area contributed by atoms with E-state index < -0.39 is 10.0 Å². The highest BCUT2D eigenvalue weighted by atomic mass is 32.2. The van der Waals surface area contributed by atoms with Crippen LogP contribution in [0.2, 0.25) is 0 Å². The molecule has 5 heteroatoms. The third kappa shape index (κ3) is 2.84. The predicted octanol–water partition coefficient (Wildman–Crippen LogP) is 2.26. The average molecular weight is 268 g/mol. The molecule has 0 heterocycles. The van der Waals surface area contributed by atoms with Gasteiger partial charge >= 0.3 is 0 Å². The highest BCUT2D eigenvalue weighted by molar-refractivity contribution is 7.89. The van der Waals surface area contributed by atoms with Gasteiger partial charge in [-0.3, -0.25) is 0 Å². The van der Waals surface area contributed by atoms with Crippen LogP contribution >= 0.6 is 0 Å². The van der Waals surface area contributed by atoms with Crippen molar-refractivity contribution in [3.8, 4) is 0 Å². The monoisotopic (exact) mass is 268 g/mol. The van der Waals surface area contributed by atoms with E-state index in [1.165, 1.54) is 0 Å². The lowest BCUT2D eigenvalue weighted by molar-refractivity contribution is 0.552. The Labute approximate surface area is 109 Å². The molecule has 0 spiro atoms. The van der Waals surface area contributed by atoms with Crippen LogP contribution in [0.1, 0.15) is 31.2 Å². The summed E-state index contributed by atoms with van der Waals surface area (Å²) in [6.45, 7) is 1.90. The first-order valence-electron chi connectivity index (χ1n) is 6.33. The maximum absolute atomic E-state index is 12.2. The Morgan fingerprint density at radius 1 is 1.22 bits per heavy atom. The smallest absolute Gasteiger partial charge is 0.240 e. The van der Waals surface area contributed by atoms with Gasteiger partial charge in [-0.1, -0.05) is 12.8 Å². The molecule has 1 fully saturated rings. The Hall–Kier alpha value is -1.07. The second-order valence-electron chi connectivity index (χ2n) is 4.83. The van der Waals surface area contributed by atoms with Crippen LogP contribution in [-0.4, -0.2) is 21.5 Å². The van der Waals surface area contributed by atoms with E-state index in [1.54, 1.807) is 18.2 Å². The summed E-state index contributed by atoms with van der Waals surface area (Å²) in [5.74, 6) is 0. The molecule has 18 heavy (non-hydrogen) atoms. The standard InChI is InChI=1S/C13H20N2O2S/c1-10-9-12(7-8-13(10)14-2)18(16,17)15-11-5-3-4-6-11/h7-9,11,14-15H,3-6H2,1-2H3. The molecule has 0 aliphatic heterocycles. The Balaban J connectivity index is 2.21. The Bertz CT molecular complexity index is 520. The molecule has 100 valence electrons. The van der Waals surface area contributed by atoms with Crippen molar-refractivity contribution in [1.82, 2.24) is 4.72 Å². The van der Waals surface area contributed by atoms with E-state index in [-0.39, 0.29) is 6.04 Å². The number of sulfonamides is 1. The van der Waals surface area contributed by atoms with E-state index in [4.69, 9.17) is 0 Å². The molecule has 0 saturated heterocycles. The van der Waals surface area contributed by atoms with Crippen molar-refractivity contribution in [2.24, 2.45) is 0 Å². The SMILES string of the molecule is CNc1ccc(S(=O)(=O)NC2CCCC2)cc1C. The van der Waals surface area contributed by atoms with Crippen LogP contribution in [-0.2, 0) is 10.0 Å². The number of hydrogen-bond donors (Lipinski definition) is 2. The minimum atomic E-state index is -3.37. The maximum atomic E-state index is 12.2. The first kappa shape index (κ1) is 13.4. The molecule has 0 radical (unpaired) electrons. The molecule has 4 nitrogen and oxygen atoms in total. The quantitative estimate of drug-likeness (QED) is 0.880. The van der Waals surface area contributed by atoms with Crippen LogP contribution in [0.5, 0.6) is 0 Å². The van der Waals surface area contributed by atoms with E-state index in [9.17, 15) is 8.42 Å². The fourth-order valence-corrected chi connectivity index (χ4v) is 3.80. The maximum Gasteiger partial charge on any atom is 0.240 e. The second kappa shape index (κ2) is 5.28. The van der Waals surface area contributed by atoms with Crippen LogP contribution < -0.4 is 10.0 Å². The summed E-state index contributed by atoms with van der Waals surface area (Å²) in [7, 11) is -1.54. The van der Waals surface area contributed by atoms with Gasteiger partial charge < -0.3 is 5.32 Å². The molecule has 1 aliphatic carbocycles. The molecule has 1 saturated carbocycles. The molecule has 0 aromatic heterocycles. The molecule has 2 rings (SSSR count). The zero-order valence-corrected chi connectivity index (χ0v) is 11.7. The van der Waals surface area contributed by atoms with Crippen molar-refractivity contribution in [2.45, 2.75) is 43.5 Å². The number of aryl methyl sites for hydroxylation is 1. The van der Waals surface area contributed by atoms with Crippen molar-refractivity contribution < 1.29 is 8.42 Å².